The second-order valence-electron chi connectivity index (χ2n) is 3.52. The van der Waals surface area contributed by atoms with E-state index in [1.165, 1.54) is 6.08 Å². The Morgan fingerprint density at radius 3 is 3.00 bits per heavy atom. The van der Waals surface area contributed by atoms with Gasteiger partial charge in [0.15, 0.2) is 0 Å². The molecule has 0 atom stereocenters. The van der Waals surface area contributed by atoms with Crippen LogP contribution in [0.25, 0.3) is 6.08 Å². The van der Waals surface area contributed by atoms with Crippen molar-refractivity contribution in [1.29, 1.82) is 0 Å². The van der Waals surface area contributed by atoms with E-state index in [1.54, 1.807) is 6.08 Å². The summed E-state index contributed by atoms with van der Waals surface area (Å²) in [4.78, 5) is 11.4. The first-order valence-corrected chi connectivity index (χ1v) is 6.42. The number of aliphatic hydroxyl groups excluding tert-OH is 1. The van der Waals surface area contributed by atoms with Crippen molar-refractivity contribution in [2.45, 2.75) is 0 Å². The maximum absolute atomic E-state index is 11.4. The molecule has 1 aromatic carbocycles. The maximum atomic E-state index is 11.4. The van der Waals surface area contributed by atoms with Gasteiger partial charge in [-0.3, -0.25) is 4.79 Å². The number of benzene rings is 1. The number of halogens is 1. The lowest BCUT2D eigenvalue weighted by Gasteiger charge is -2.02. The fourth-order valence-electron chi connectivity index (χ4n) is 1.25. The Labute approximate surface area is 115 Å². The van der Waals surface area contributed by atoms with Gasteiger partial charge >= 0.3 is 0 Å². The number of nitrogens with one attached hydrogen (secondary N) is 1. The van der Waals surface area contributed by atoms with Crippen LogP contribution in [0.4, 0.5) is 0 Å². The van der Waals surface area contributed by atoms with Gasteiger partial charge in [-0.1, -0.05) is 28.1 Å². The predicted molar refractivity (Wildman–Crippen MR) is 74.1 cm³/mol. The molecule has 0 spiro atoms. The van der Waals surface area contributed by atoms with Gasteiger partial charge < -0.3 is 15.2 Å². The van der Waals surface area contributed by atoms with Crippen LogP contribution in [0.2, 0.25) is 0 Å². The molecule has 0 aromatic heterocycles. The molecular formula is C13H16BrNO3. The Hall–Kier alpha value is -1.17. The largest absolute Gasteiger partial charge is 0.394 e. The average Bonchev–Trinajstić information content (AvgIpc) is 2.36. The zero-order chi connectivity index (χ0) is 13.2. The molecule has 2 N–H and O–H groups in total. The van der Waals surface area contributed by atoms with Gasteiger partial charge in [0.25, 0.3) is 0 Å². The number of aliphatic hydroxyl groups is 1. The summed E-state index contributed by atoms with van der Waals surface area (Å²) in [5.74, 6) is -0.164. The predicted octanol–water partition coefficient (Wildman–Crippen LogP) is 1.59. The van der Waals surface area contributed by atoms with E-state index < -0.39 is 0 Å². The van der Waals surface area contributed by atoms with E-state index in [0.717, 1.165) is 10.0 Å². The second-order valence-corrected chi connectivity index (χ2v) is 4.43. The molecular weight excluding hydrogens is 298 g/mol. The number of carbonyl (C=O) groups is 1. The smallest absolute Gasteiger partial charge is 0.244 e. The molecule has 0 unspecified atom stereocenters. The lowest BCUT2D eigenvalue weighted by atomic mass is 10.2. The Balaban J connectivity index is 2.27. The minimum absolute atomic E-state index is 0.00324. The third kappa shape index (κ3) is 6.54. The third-order valence-corrected chi connectivity index (χ3v) is 2.55. The molecule has 0 aliphatic heterocycles. The lowest BCUT2D eigenvalue weighted by molar-refractivity contribution is -0.116. The molecule has 0 saturated heterocycles. The fourth-order valence-corrected chi connectivity index (χ4v) is 1.67. The number of carbonyl (C=O) groups excluding carboxylic acids is 1. The van der Waals surface area contributed by atoms with E-state index in [4.69, 9.17) is 9.84 Å². The summed E-state index contributed by atoms with van der Waals surface area (Å²) in [6, 6.07) is 7.67. The lowest BCUT2D eigenvalue weighted by Crippen LogP contribution is -2.25. The molecule has 98 valence electrons. The maximum Gasteiger partial charge on any atom is 0.244 e. The van der Waals surface area contributed by atoms with Crippen LogP contribution >= 0.6 is 15.9 Å². The van der Waals surface area contributed by atoms with Gasteiger partial charge in [0, 0.05) is 17.1 Å². The zero-order valence-electron chi connectivity index (χ0n) is 9.93. The van der Waals surface area contributed by atoms with E-state index in [9.17, 15) is 4.79 Å². The van der Waals surface area contributed by atoms with Crippen molar-refractivity contribution in [2.75, 3.05) is 26.4 Å². The first kappa shape index (κ1) is 14.9. The highest BCUT2D eigenvalue weighted by atomic mass is 79.9. The summed E-state index contributed by atoms with van der Waals surface area (Å²) in [6.45, 7) is 1.12. The first-order valence-electron chi connectivity index (χ1n) is 5.62. The summed E-state index contributed by atoms with van der Waals surface area (Å²) < 4.78 is 5.99. The monoisotopic (exact) mass is 313 g/mol. The molecule has 0 aliphatic rings. The normalized spacial score (nSPS) is 10.8. The SMILES string of the molecule is O=C(/C=C/c1cccc(Br)c1)NCCOCCO. The van der Waals surface area contributed by atoms with Crippen LogP contribution in [0.3, 0.4) is 0 Å². The molecule has 1 aromatic rings. The van der Waals surface area contributed by atoms with Crippen molar-refractivity contribution in [3.63, 3.8) is 0 Å². The molecule has 5 heteroatoms. The Bertz CT molecular complexity index is 407. The average molecular weight is 314 g/mol. The van der Waals surface area contributed by atoms with Crippen LogP contribution in [0, 0.1) is 0 Å². The van der Waals surface area contributed by atoms with Crippen molar-refractivity contribution in [3.8, 4) is 0 Å². The Morgan fingerprint density at radius 2 is 2.28 bits per heavy atom. The topological polar surface area (TPSA) is 58.6 Å². The van der Waals surface area contributed by atoms with Gasteiger partial charge in [0.2, 0.25) is 5.91 Å². The molecule has 18 heavy (non-hydrogen) atoms. The van der Waals surface area contributed by atoms with E-state index in [2.05, 4.69) is 21.2 Å². The van der Waals surface area contributed by atoms with Gasteiger partial charge in [-0.15, -0.1) is 0 Å². The van der Waals surface area contributed by atoms with E-state index >= 15 is 0 Å². The Kier molecular flexibility index (Phi) is 7.32. The number of hydrogen-bond acceptors (Lipinski definition) is 3. The molecule has 4 nitrogen and oxygen atoms in total. The van der Waals surface area contributed by atoms with E-state index in [1.807, 2.05) is 24.3 Å². The van der Waals surface area contributed by atoms with Gasteiger partial charge in [0.05, 0.1) is 19.8 Å². The quantitative estimate of drug-likeness (QED) is 0.593. The van der Waals surface area contributed by atoms with Gasteiger partial charge in [-0.2, -0.15) is 0 Å². The summed E-state index contributed by atoms with van der Waals surface area (Å²) in [5, 5.41) is 11.2. The van der Waals surface area contributed by atoms with E-state index in [0.29, 0.717) is 19.8 Å². The standard InChI is InChI=1S/C13H16BrNO3/c14-12-3-1-2-11(10-12)4-5-13(17)15-6-8-18-9-7-16/h1-5,10,16H,6-9H2,(H,15,17)/b5-4+. The van der Waals surface area contributed by atoms with Crippen molar-refractivity contribution in [3.05, 3.63) is 40.4 Å². The first-order chi connectivity index (χ1) is 8.72. The van der Waals surface area contributed by atoms with Crippen molar-refractivity contribution in [1.82, 2.24) is 5.32 Å². The van der Waals surface area contributed by atoms with Crippen LogP contribution in [0.5, 0.6) is 0 Å². The van der Waals surface area contributed by atoms with Crippen LogP contribution in [-0.2, 0) is 9.53 Å². The third-order valence-electron chi connectivity index (χ3n) is 2.06. The summed E-state index contributed by atoms with van der Waals surface area (Å²) >= 11 is 3.36. The molecule has 0 bridgehead atoms. The Morgan fingerprint density at radius 1 is 1.44 bits per heavy atom. The summed E-state index contributed by atoms with van der Waals surface area (Å²) in [6.07, 6.45) is 3.22. The number of rotatable bonds is 7. The molecule has 1 amide bonds. The van der Waals surface area contributed by atoms with E-state index in [-0.39, 0.29) is 12.5 Å². The number of ether oxygens (including phenoxy) is 1. The molecule has 0 radical (unpaired) electrons. The molecule has 1 rings (SSSR count). The van der Waals surface area contributed by atoms with Crippen LogP contribution in [-0.4, -0.2) is 37.4 Å². The highest BCUT2D eigenvalue weighted by molar-refractivity contribution is 9.10. The minimum Gasteiger partial charge on any atom is -0.394 e. The zero-order valence-corrected chi connectivity index (χ0v) is 11.5. The number of amides is 1. The van der Waals surface area contributed by atoms with Gasteiger partial charge in [-0.25, -0.2) is 0 Å². The van der Waals surface area contributed by atoms with Crippen molar-refractivity contribution < 1.29 is 14.6 Å². The highest BCUT2D eigenvalue weighted by Crippen LogP contribution is 2.12. The molecule has 0 aliphatic carbocycles. The van der Waals surface area contributed by atoms with Crippen molar-refractivity contribution in [2.24, 2.45) is 0 Å². The summed E-state index contributed by atoms with van der Waals surface area (Å²) in [5.41, 5.74) is 0.955. The molecule has 0 fully saturated rings. The van der Waals surface area contributed by atoms with Crippen LogP contribution < -0.4 is 5.32 Å². The van der Waals surface area contributed by atoms with Crippen LogP contribution in [0.1, 0.15) is 5.56 Å². The highest BCUT2D eigenvalue weighted by Gasteiger charge is 1.95. The molecule has 0 heterocycles. The summed E-state index contributed by atoms with van der Waals surface area (Å²) in [7, 11) is 0. The second kappa shape index (κ2) is 8.85. The minimum atomic E-state index is -0.164. The van der Waals surface area contributed by atoms with Gasteiger partial charge in [-0.05, 0) is 23.8 Å². The van der Waals surface area contributed by atoms with Crippen LogP contribution in [0.15, 0.2) is 34.8 Å². The van der Waals surface area contributed by atoms with Gasteiger partial charge in [0.1, 0.15) is 0 Å². The molecule has 0 saturated carbocycles. The van der Waals surface area contributed by atoms with Crippen molar-refractivity contribution >= 4 is 27.9 Å². The fraction of sp³-hybridized carbons (Fsp3) is 0.308. The number of hydrogen-bond donors (Lipinski definition) is 2.